The Hall–Kier alpha value is -1.97. The van der Waals surface area contributed by atoms with Gasteiger partial charge in [-0.3, -0.25) is 0 Å². The van der Waals surface area contributed by atoms with E-state index in [0.717, 1.165) is 0 Å². The summed E-state index contributed by atoms with van der Waals surface area (Å²) in [5.41, 5.74) is -3.67. The molecule has 0 saturated carbocycles. The van der Waals surface area contributed by atoms with Crippen LogP contribution in [0.3, 0.4) is 0 Å². The third kappa shape index (κ3) is 5.91. The van der Waals surface area contributed by atoms with Gasteiger partial charge >= 0.3 is 18.4 Å². The van der Waals surface area contributed by atoms with E-state index < -0.39 is 41.2 Å². The third-order valence-electron chi connectivity index (χ3n) is 3.15. The molecule has 0 fully saturated rings. The van der Waals surface area contributed by atoms with Crippen molar-refractivity contribution in [2.75, 3.05) is 11.9 Å². The molecule has 24 heavy (non-hydrogen) atoms. The minimum Gasteiger partial charge on any atom is -0.396 e. The van der Waals surface area contributed by atoms with Gasteiger partial charge in [0.2, 0.25) is 0 Å². The molecule has 0 radical (unpaired) electrons. The highest BCUT2D eigenvalue weighted by atomic mass is 19.4. The molecular formula is C14H16F6N2O2. The lowest BCUT2D eigenvalue weighted by molar-refractivity contribution is -0.143. The molecule has 136 valence electrons. The van der Waals surface area contributed by atoms with Gasteiger partial charge in [0.25, 0.3) is 0 Å². The van der Waals surface area contributed by atoms with E-state index >= 15 is 0 Å². The van der Waals surface area contributed by atoms with Crippen molar-refractivity contribution in [3.63, 3.8) is 0 Å². The number of amides is 2. The number of aliphatic hydroxyl groups is 1. The van der Waals surface area contributed by atoms with E-state index in [4.69, 9.17) is 5.11 Å². The van der Waals surface area contributed by atoms with Gasteiger partial charge in [0.15, 0.2) is 0 Å². The summed E-state index contributed by atoms with van der Waals surface area (Å²) < 4.78 is 76.3. The lowest BCUT2D eigenvalue weighted by atomic mass is 10.1. The number of aliphatic hydroxyl groups excluding tert-OH is 1. The van der Waals surface area contributed by atoms with Crippen molar-refractivity contribution in [2.24, 2.45) is 0 Å². The molecule has 1 aromatic rings. The van der Waals surface area contributed by atoms with Crippen LogP contribution in [0.1, 0.15) is 30.9 Å². The van der Waals surface area contributed by atoms with Gasteiger partial charge in [-0.15, -0.1) is 0 Å². The van der Waals surface area contributed by atoms with Crippen molar-refractivity contribution in [1.29, 1.82) is 0 Å². The van der Waals surface area contributed by atoms with E-state index in [-0.39, 0.29) is 19.1 Å². The van der Waals surface area contributed by atoms with Crippen molar-refractivity contribution in [3.8, 4) is 0 Å². The summed E-state index contributed by atoms with van der Waals surface area (Å²) in [4.78, 5) is 11.7. The fraction of sp³-hybridized carbons (Fsp3) is 0.500. The maximum Gasteiger partial charge on any atom is 0.416 e. The molecule has 1 aromatic carbocycles. The molecular weight excluding hydrogens is 342 g/mol. The SMILES string of the molecule is CCC(CCO)NC(=O)Nc1cc(C(F)(F)F)cc(C(F)(F)F)c1. The number of halogens is 6. The zero-order valence-electron chi connectivity index (χ0n) is 12.6. The van der Waals surface area contributed by atoms with Gasteiger partial charge in [-0.05, 0) is 31.0 Å². The zero-order valence-corrected chi connectivity index (χ0v) is 12.6. The number of hydrogen-bond donors (Lipinski definition) is 3. The van der Waals surface area contributed by atoms with Gasteiger partial charge in [-0.25, -0.2) is 4.79 Å². The quantitative estimate of drug-likeness (QED) is 0.697. The molecule has 0 bridgehead atoms. The predicted octanol–water partition coefficient (Wildman–Crippen LogP) is 4.01. The number of benzene rings is 1. The van der Waals surface area contributed by atoms with Crippen molar-refractivity contribution < 1.29 is 36.2 Å². The van der Waals surface area contributed by atoms with E-state index in [0.29, 0.717) is 18.6 Å². The predicted molar refractivity (Wildman–Crippen MR) is 74.4 cm³/mol. The Labute approximate surface area is 133 Å². The summed E-state index contributed by atoms with van der Waals surface area (Å²) >= 11 is 0. The van der Waals surface area contributed by atoms with Gasteiger partial charge in [0.1, 0.15) is 0 Å². The molecule has 0 saturated heterocycles. The first-order chi connectivity index (χ1) is 11.0. The lowest BCUT2D eigenvalue weighted by Crippen LogP contribution is -2.38. The summed E-state index contributed by atoms with van der Waals surface area (Å²) in [6, 6.07) is -0.599. The van der Waals surface area contributed by atoms with Crippen LogP contribution in [0.15, 0.2) is 18.2 Å². The number of carbonyl (C=O) groups is 1. The van der Waals surface area contributed by atoms with Crippen molar-refractivity contribution in [2.45, 2.75) is 38.2 Å². The molecule has 0 aromatic heterocycles. The summed E-state index contributed by atoms with van der Waals surface area (Å²) in [6.07, 6.45) is -9.33. The highest BCUT2D eigenvalue weighted by molar-refractivity contribution is 5.89. The van der Waals surface area contributed by atoms with Crippen molar-refractivity contribution in [1.82, 2.24) is 5.32 Å². The highest BCUT2D eigenvalue weighted by Crippen LogP contribution is 2.37. The van der Waals surface area contributed by atoms with Crippen LogP contribution in [-0.4, -0.2) is 23.8 Å². The molecule has 1 rings (SSSR count). The zero-order chi connectivity index (χ0) is 18.5. The summed E-state index contributed by atoms with van der Waals surface area (Å²) in [7, 11) is 0. The van der Waals surface area contributed by atoms with Gasteiger partial charge in [-0.2, -0.15) is 26.3 Å². The van der Waals surface area contributed by atoms with E-state index in [2.05, 4.69) is 5.32 Å². The van der Waals surface area contributed by atoms with E-state index in [1.165, 1.54) is 0 Å². The fourth-order valence-corrected chi connectivity index (χ4v) is 1.91. The Bertz CT molecular complexity index is 539. The fourth-order valence-electron chi connectivity index (χ4n) is 1.91. The number of nitrogens with one attached hydrogen (secondary N) is 2. The van der Waals surface area contributed by atoms with Gasteiger partial charge in [-0.1, -0.05) is 6.92 Å². The Kier molecular flexibility index (Phi) is 6.47. The van der Waals surface area contributed by atoms with E-state index in [1.54, 1.807) is 6.92 Å². The minimum absolute atomic E-state index is 0.0241. The molecule has 0 aliphatic rings. The first-order valence-electron chi connectivity index (χ1n) is 6.95. The Morgan fingerprint density at radius 1 is 1.08 bits per heavy atom. The number of carbonyl (C=O) groups excluding carboxylic acids is 1. The smallest absolute Gasteiger partial charge is 0.396 e. The van der Waals surface area contributed by atoms with Gasteiger partial charge in [0, 0.05) is 18.3 Å². The lowest BCUT2D eigenvalue weighted by Gasteiger charge is -2.18. The summed E-state index contributed by atoms with van der Waals surface area (Å²) in [6.45, 7) is 1.48. The minimum atomic E-state index is -4.99. The molecule has 0 spiro atoms. The maximum atomic E-state index is 12.7. The normalized spacial score (nSPS) is 13.5. The highest BCUT2D eigenvalue weighted by Gasteiger charge is 2.37. The average molecular weight is 358 g/mol. The number of rotatable bonds is 5. The number of anilines is 1. The van der Waals surface area contributed by atoms with Crippen molar-refractivity contribution >= 4 is 11.7 Å². The Morgan fingerprint density at radius 3 is 1.96 bits per heavy atom. The molecule has 10 heteroatoms. The maximum absolute atomic E-state index is 12.7. The van der Waals surface area contributed by atoms with Gasteiger partial charge in [0.05, 0.1) is 11.1 Å². The molecule has 3 N–H and O–H groups in total. The van der Waals surface area contributed by atoms with Crippen LogP contribution in [0, 0.1) is 0 Å². The van der Waals surface area contributed by atoms with Crippen LogP contribution in [0.4, 0.5) is 36.8 Å². The molecule has 0 aliphatic heterocycles. The molecule has 4 nitrogen and oxygen atoms in total. The van der Waals surface area contributed by atoms with Crippen LogP contribution in [0.5, 0.6) is 0 Å². The molecule has 1 atom stereocenters. The first kappa shape index (κ1) is 20.1. The monoisotopic (exact) mass is 358 g/mol. The van der Waals surface area contributed by atoms with Crippen LogP contribution in [-0.2, 0) is 12.4 Å². The third-order valence-corrected chi connectivity index (χ3v) is 3.15. The molecule has 1 unspecified atom stereocenters. The molecule has 0 heterocycles. The van der Waals surface area contributed by atoms with E-state index in [1.807, 2.05) is 5.32 Å². The molecule has 0 aliphatic carbocycles. The second kappa shape index (κ2) is 7.73. The summed E-state index contributed by atoms with van der Waals surface area (Å²) in [5.74, 6) is 0. The van der Waals surface area contributed by atoms with Crippen LogP contribution in [0.25, 0.3) is 0 Å². The second-order valence-electron chi connectivity index (χ2n) is 5.01. The van der Waals surface area contributed by atoms with Crippen LogP contribution < -0.4 is 10.6 Å². The topological polar surface area (TPSA) is 61.4 Å². The Morgan fingerprint density at radius 2 is 1.58 bits per heavy atom. The standard InChI is InChI=1S/C14H16F6N2O2/c1-2-10(3-4-23)21-12(24)22-11-6-8(13(15,16)17)5-9(7-11)14(18,19)20/h5-7,10,23H,2-4H2,1H3,(H2,21,22,24). The van der Waals surface area contributed by atoms with Gasteiger partial charge < -0.3 is 15.7 Å². The second-order valence-corrected chi connectivity index (χ2v) is 5.01. The average Bonchev–Trinajstić information content (AvgIpc) is 2.44. The van der Waals surface area contributed by atoms with E-state index in [9.17, 15) is 31.1 Å². The number of urea groups is 1. The number of alkyl halides is 6. The van der Waals surface area contributed by atoms with Crippen LogP contribution >= 0.6 is 0 Å². The Balaban J connectivity index is 3.04. The van der Waals surface area contributed by atoms with Crippen LogP contribution in [0.2, 0.25) is 0 Å². The molecule has 2 amide bonds. The number of hydrogen-bond acceptors (Lipinski definition) is 2. The first-order valence-corrected chi connectivity index (χ1v) is 6.95. The summed E-state index contributed by atoms with van der Waals surface area (Å²) in [5, 5.41) is 13.1. The van der Waals surface area contributed by atoms with Crippen molar-refractivity contribution in [3.05, 3.63) is 29.3 Å². The largest absolute Gasteiger partial charge is 0.416 e.